The van der Waals surface area contributed by atoms with Crippen molar-refractivity contribution >= 4 is 6.29 Å². The molecule has 2 heteroatoms. The molecular formula is C21H26O2. The monoisotopic (exact) mass is 310 g/mol. The molecule has 4 aliphatic rings. The molecule has 0 radical (unpaired) electrons. The van der Waals surface area contributed by atoms with Gasteiger partial charge in [-0.05, 0) is 79.1 Å². The van der Waals surface area contributed by atoms with Crippen LogP contribution in [-0.2, 0) is 9.53 Å². The highest BCUT2D eigenvalue weighted by atomic mass is 16.5. The Bertz CT molecular complexity index is 636. The Morgan fingerprint density at radius 2 is 2.17 bits per heavy atom. The quantitative estimate of drug-likeness (QED) is 0.550. The zero-order valence-corrected chi connectivity index (χ0v) is 14.1. The van der Waals surface area contributed by atoms with E-state index in [2.05, 4.69) is 31.2 Å². The topological polar surface area (TPSA) is 26.3 Å². The van der Waals surface area contributed by atoms with Crippen molar-refractivity contribution in [1.29, 1.82) is 0 Å². The molecule has 5 atom stereocenters. The number of ether oxygens (including phenoxy) is 1. The number of aldehydes is 1. The largest absolute Gasteiger partial charge is 0.497 e. The van der Waals surface area contributed by atoms with Gasteiger partial charge in [0.25, 0.3) is 0 Å². The third-order valence-corrected chi connectivity index (χ3v) is 7.09. The maximum absolute atomic E-state index is 11.0. The molecule has 0 heterocycles. The van der Waals surface area contributed by atoms with E-state index in [9.17, 15) is 4.79 Å². The molecule has 2 saturated carbocycles. The van der Waals surface area contributed by atoms with E-state index in [1.807, 2.05) is 6.08 Å². The molecule has 0 aromatic heterocycles. The fourth-order valence-corrected chi connectivity index (χ4v) is 5.91. The van der Waals surface area contributed by atoms with Crippen LogP contribution in [0.5, 0.6) is 0 Å². The number of fused-ring (bicyclic) bond motifs is 5. The molecule has 0 bridgehead atoms. The zero-order valence-electron chi connectivity index (χ0n) is 14.1. The van der Waals surface area contributed by atoms with Crippen molar-refractivity contribution in [2.24, 2.45) is 29.1 Å². The third kappa shape index (κ3) is 2.18. The first-order valence-electron chi connectivity index (χ1n) is 8.96. The molecule has 0 saturated heterocycles. The average Bonchev–Trinajstić information content (AvgIpc) is 2.91. The highest BCUT2D eigenvalue weighted by Gasteiger charge is 2.53. The Labute approximate surface area is 139 Å². The summed E-state index contributed by atoms with van der Waals surface area (Å²) in [6.07, 6.45) is 18.1. The minimum absolute atomic E-state index is 0.263. The van der Waals surface area contributed by atoms with Gasteiger partial charge in [0.2, 0.25) is 0 Å². The summed E-state index contributed by atoms with van der Waals surface area (Å²) in [7, 11) is 1.74. The predicted octanol–water partition coefficient (Wildman–Crippen LogP) is 4.60. The first kappa shape index (κ1) is 15.0. The molecule has 0 N–H and O–H groups in total. The summed E-state index contributed by atoms with van der Waals surface area (Å²) in [6, 6.07) is 0. The fourth-order valence-electron chi connectivity index (χ4n) is 5.91. The van der Waals surface area contributed by atoms with E-state index in [0.717, 1.165) is 36.2 Å². The zero-order chi connectivity index (χ0) is 16.0. The number of allylic oxidation sites excluding steroid dienone is 7. The van der Waals surface area contributed by atoms with Crippen molar-refractivity contribution < 1.29 is 9.53 Å². The van der Waals surface area contributed by atoms with Crippen LogP contribution >= 0.6 is 0 Å². The van der Waals surface area contributed by atoms with Crippen LogP contribution in [-0.4, -0.2) is 13.4 Å². The lowest BCUT2D eigenvalue weighted by atomic mass is 9.53. The molecule has 0 aliphatic heterocycles. The van der Waals surface area contributed by atoms with E-state index in [-0.39, 0.29) is 5.41 Å². The number of carbonyl (C=O) groups excluding carboxylic acids is 1. The first-order chi connectivity index (χ1) is 11.2. The van der Waals surface area contributed by atoms with Crippen LogP contribution < -0.4 is 0 Å². The van der Waals surface area contributed by atoms with E-state index in [4.69, 9.17) is 4.74 Å². The smallest absolute Gasteiger partial charge is 0.142 e. The standard InChI is InChI=1S/C21H26O2/c1-21-11-9-18-17-7-5-16(23-2)13-14(17)3-6-19(18)20(21)8-4-15(21)10-12-22/h3,5,7,10,12-13,17-20H,4,6,8-9,11H2,1-2H3/t17-,18+,19+,20-,21+/m0/s1. The van der Waals surface area contributed by atoms with Crippen molar-refractivity contribution in [1.82, 2.24) is 0 Å². The maximum Gasteiger partial charge on any atom is 0.142 e. The Kier molecular flexibility index (Phi) is 3.59. The van der Waals surface area contributed by atoms with Gasteiger partial charge in [0.1, 0.15) is 12.0 Å². The van der Waals surface area contributed by atoms with Crippen LogP contribution in [0.25, 0.3) is 0 Å². The van der Waals surface area contributed by atoms with Crippen molar-refractivity contribution in [2.45, 2.75) is 39.0 Å². The molecule has 0 aromatic rings. The van der Waals surface area contributed by atoms with Gasteiger partial charge in [-0.15, -0.1) is 0 Å². The lowest BCUT2D eigenvalue weighted by Crippen LogP contribution is -2.43. The van der Waals surface area contributed by atoms with Crippen molar-refractivity contribution in [3.05, 3.63) is 47.3 Å². The number of methoxy groups -OCH3 is 1. The van der Waals surface area contributed by atoms with Gasteiger partial charge in [-0.2, -0.15) is 0 Å². The van der Waals surface area contributed by atoms with Gasteiger partial charge in [0.15, 0.2) is 0 Å². The predicted molar refractivity (Wildman–Crippen MR) is 91.6 cm³/mol. The second kappa shape index (κ2) is 5.51. The van der Waals surface area contributed by atoms with Crippen molar-refractivity contribution in [3.63, 3.8) is 0 Å². The maximum atomic E-state index is 11.0. The molecule has 0 unspecified atom stereocenters. The van der Waals surface area contributed by atoms with Crippen LogP contribution in [0.4, 0.5) is 0 Å². The minimum atomic E-state index is 0.263. The van der Waals surface area contributed by atoms with E-state index < -0.39 is 0 Å². The Morgan fingerprint density at radius 1 is 1.30 bits per heavy atom. The summed E-state index contributed by atoms with van der Waals surface area (Å²) in [5.41, 5.74) is 3.13. The summed E-state index contributed by atoms with van der Waals surface area (Å²) < 4.78 is 5.40. The van der Waals surface area contributed by atoms with Crippen LogP contribution in [0.3, 0.4) is 0 Å². The molecule has 2 nitrogen and oxygen atoms in total. The molecule has 122 valence electrons. The molecule has 0 aromatic carbocycles. The number of hydrogen-bond donors (Lipinski definition) is 0. The summed E-state index contributed by atoms with van der Waals surface area (Å²) in [6.45, 7) is 2.41. The van der Waals surface area contributed by atoms with Crippen LogP contribution in [0.15, 0.2) is 47.3 Å². The highest BCUT2D eigenvalue weighted by molar-refractivity contribution is 5.67. The lowest BCUT2D eigenvalue weighted by molar-refractivity contribution is -0.104. The number of rotatable bonds is 2. The number of hydrogen-bond acceptors (Lipinski definition) is 2. The molecule has 0 spiro atoms. The molecule has 4 aliphatic carbocycles. The summed E-state index contributed by atoms with van der Waals surface area (Å²) in [5, 5.41) is 0. The highest BCUT2D eigenvalue weighted by Crippen LogP contribution is 2.62. The van der Waals surface area contributed by atoms with Gasteiger partial charge >= 0.3 is 0 Å². The Balaban J connectivity index is 1.65. The Hall–Kier alpha value is -1.57. The molecule has 23 heavy (non-hydrogen) atoms. The average molecular weight is 310 g/mol. The summed E-state index contributed by atoms with van der Waals surface area (Å²) in [4.78, 5) is 11.0. The minimum Gasteiger partial charge on any atom is -0.497 e. The third-order valence-electron chi connectivity index (χ3n) is 7.09. The molecular weight excluding hydrogens is 284 g/mol. The van der Waals surface area contributed by atoms with Gasteiger partial charge < -0.3 is 4.74 Å². The summed E-state index contributed by atoms with van der Waals surface area (Å²) in [5.74, 6) is 3.81. The normalized spacial score (nSPS) is 43.1. The fraction of sp³-hybridized carbons (Fsp3) is 0.571. The van der Waals surface area contributed by atoms with Crippen molar-refractivity contribution in [2.75, 3.05) is 7.11 Å². The van der Waals surface area contributed by atoms with Gasteiger partial charge in [-0.25, -0.2) is 0 Å². The SMILES string of the molecule is COC1=CC2=CC[C@@H]3[C@H](CC[C@]4(C)C(=CC=O)CC[C@@H]34)[C@H]2C=C1. The second-order valence-electron chi connectivity index (χ2n) is 7.83. The van der Waals surface area contributed by atoms with Crippen LogP contribution in [0.2, 0.25) is 0 Å². The van der Waals surface area contributed by atoms with E-state index >= 15 is 0 Å². The lowest BCUT2D eigenvalue weighted by Gasteiger charge is -2.51. The molecule has 2 fully saturated rings. The van der Waals surface area contributed by atoms with Gasteiger partial charge in [0, 0.05) is 5.92 Å². The van der Waals surface area contributed by atoms with Gasteiger partial charge in [-0.1, -0.05) is 24.6 Å². The van der Waals surface area contributed by atoms with E-state index in [1.54, 1.807) is 7.11 Å². The van der Waals surface area contributed by atoms with E-state index in [1.165, 1.54) is 36.8 Å². The van der Waals surface area contributed by atoms with Crippen LogP contribution in [0.1, 0.15) is 39.0 Å². The second-order valence-corrected chi connectivity index (χ2v) is 7.83. The number of carbonyl (C=O) groups is 1. The van der Waals surface area contributed by atoms with E-state index in [0.29, 0.717) is 5.92 Å². The molecule has 4 rings (SSSR count). The first-order valence-corrected chi connectivity index (χ1v) is 8.96. The van der Waals surface area contributed by atoms with Gasteiger partial charge in [-0.3, -0.25) is 4.79 Å². The van der Waals surface area contributed by atoms with Gasteiger partial charge in [0.05, 0.1) is 7.11 Å². The van der Waals surface area contributed by atoms with Crippen molar-refractivity contribution in [3.8, 4) is 0 Å². The molecule has 0 amide bonds. The summed E-state index contributed by atoms with van der Waals surface area (Å²) >= 11 is 0. The Morgan fingerprint density at radius 3 is 2.96 bits per heavy atom. The van der Waals surface area contributed by atoms with Crippen LogP contribution in [0, 0.1) is 29.1 Å².